The molecule has 3 N–H and O–H groups in total. The van der Waals surface area contributed by atoms with Gasteiger partial charge < -0.3 is 25.4 Å². The molecule has 27 heavy (non-hydrogen) atoms. The van der Waals surface area contributed by atoms with Crippen LogP contribution in [0, 0.1) is 5.92 Å². The summed E-state index contributed by atoms with van der Waals surface area (Å²) < 4.78 is 11.5. The number of methoxy groups -OCH3 is 2. The fourth-order valence-corrected chi connectivity index (χ4v) is 3.08. The summed E-state index contributed by atoms with van der Waals surface area (Å²) >= 11 is 3.49. The van der Waals surface area contributed by atoms with Crippen LogP contribution in [0.4, 0.5) is 0 Å². The van der Waals surface area contributed by atoms with Crippen LogP contribution in [-0.4, -0.2) is 45.7 Å². The normalized spacial score (nSPS) is 13.4. The molecule has 0 heterocycles. The van der Waals surface area contributed by atoms with Gasteiger partial charge in [0.1, 0.15) is 0 Å². The number of aliphatic imine (C=N–C) groups is 1. The molecule has 0 spiro atoms. The van der Waals surface area contributed by atoms with Crippen molar-refractivity contribution in [3.8, 4) is 11.5 Å². The lowest BCUT2D eigenvalue weighted by molar-refractivity contribution is -0.122. The van der Waals surface area contributed by atoms with Gasteiger partial charge in [-0.25, -0.2) is 4.99 Å². The van der Waals surface area contributed by atoms with Crippen molar-refractivity contribution in [1.82, 2.24) is 16.0 Å². The van der Waals surface area contributed by atoms with Gasteiger partial charge in [0.2, 0.25) is 5.91 Å². The van der Waals surface area contributed by atoms with Crippen LogP contribution in [0.25, 0.3) is 0 Å². The zero-order valence-electron chi connectivity index (χ0n) is 15.9. The molecule has 0 bridgehead atoms. The minimum atomic E-state index is 0. The lowest BCUT2D eigenvalue weighted by Crippen LogP contribution is -2.41. The highest BCUT2D eigenvalue weighted by atomic mass is 127. The van der Waals surface area contributed by atoms with E-state index in [9.17, 15) is 4.79 Å². The standard InChI is InChI=1S/C18H27BrN4O3.HI/c1-4-20-18(22-8-7-21-17(24)13-5-6-13)23-11-12-9-14(19)16(26-3)15(10-12)25-2;/h9-10,13H,4-8,11H2,1-3H3,(H,21,24)(H2,20,22,23);1H. The predicted molar refractivity (Wildman–Crippen MR) is 121 cm³/mol. The summed E-state index contributed by atoms with van der Waals surface area (Å²) in [6, 6.07) is 3.87. The maximum absolute atomic E-state index is 11.6. The molecule has 1 aromatic rings. The molecule has 1 aliphatic rings. The Kier molecular flexibility index (Phi) is 10.8. The van der Waals surface area contributed by atoms with Crippen LogP contribution in [0.3, 0.4) is 0 Å². The number of hydrogen-bond acceptors (Lipinski definition) is 4. The van der Waals surface area contributed by atoms with Gasteiger partial charge in [-0.3, -0.25) is 4.79 Å². The predicted octanol–water partition coefficient (Wildman–Crippen LogP) is 2.67. The molecule has 1 amide bonds. The molecule has 0 aromatic heterocycles. The smallest absolute Gasteiger partial charge is 0.223 e. The number of carbonyl (C=O) groups is 1. The summed E-state index contributed by atoms with van der Waals surface area (Å²) in [5.41, 5.74) is 0.994. The van der Waals surface area contributed by atoms with Crippen LogP contribution in [0.2, 0.25) is 0 Å². The Morgan fingerprint density at radius 1 is 1.19 bits per heavy atom. The summed E-state index contributed by atoms with van der Waals surface area (Å²) in [5.74, 6) is 2.42. The second-order valence-corrected chi connectivity index (χ2v) is 6.85. The largest absolute Gasteiger partial charge is 0.493 e. The number of carbonyl (C=O) groups excluding carboxylic acids is 1. The minimum absolute atomic E-state index is 0. The van der Waals surface area contributed by atoms with E-state index in [4.69, 9.17) is 9.47 Å². The second-order valence-electron chi connectivity index (χ2n) is 6.00. The van der Waals surface area contributed by atoms with Crippen LogP contribution >= 0.6 is 39.9 Å². The van der Waals surface area contributed by atoms with Gasteiger partial charge in [-0.1, -0.05) is 0 Å². The topological polar surface area (TPSA) is 84.0 Å². The molecule has 1 fully saturated rings. The third kappa shape index (κ3) is 7.73. The fourth-order valence-electron chi connectivity index (χ4n) is 2.43. The summed E-state index contributed by atoms with van der Waals surface area (Å²) in [4.78, 5) is 16.2. The van der Waals surface area contributed by atoms with E-state index >= 15 is 0 Å². The SMILES string of the molecule is CCNC(=NCc1cc(Br)c(OC)c(OC)c1)NCCNC(=O)C1CC1.I. The van der Waals surface area contributed by atoms with E-state index in [1.165, 1.54) is 0 Å². The number of guanidine groups is 1. The van der Waals surface area contributed by atoms with Crippen molar-refractivity contribution in [2.24, 2.45) is 10.9 Å². The van der Waals surface area contributed by atoms with Crippen molar-refractivity contribution in [2.45, 2.75) is 26.3 Å². The molecule has 2 rings (SSSR count). The first-order valence-electron chi connectivity index (χ1n) is 8.79. The van der Waals surface area contributed by atoms with Gasteiger partial charge in [0.05, 0.1) is 25.2 Å². The molecule has 1 aromatic carbocycles. The van der Waals surface area contributed by atoms with E-state index in [2.05, 4.69) is 36.9 Å². The van der Waals surface area contributed by atoms with E-state index in [0.717, 1.165) is 29.4 Å². The lowest BCUT2D eigenvalue weighted by atomic mass is 10.2. The first-order chi connectivity index (χ1) is 12.6. The average Bonchev–Trinajstić information content (AvgIpc) is 3.47. The van der Waals surface area contributed by atoms with Gasteiger partial charge in [-0.2, -0.15) is 0 Å². The Balaban J connectivity index is 0.00000364. The van der Waals surface area contributed by atoms with Crippen LogP contribution in [0.15, 0.2) is 21.6 Å². The molecule has 0 radical (unpaired) electrons. The second kappa shape index (κ2) is 12.3. The highest BCUT2D eigenvalue weighted by Gasteiger charge is 2.28. The van der Waals surface area contributed by atoms with Crippen molar-refractivity contribution in [3.63, 3.8) is 0 Å². The third-order valence-electron chi connectivity index (χ3n) is 3.92. The average molecular weight is 555 g/mol. The molecular formula is C18H28BrIN4O3. The van der Waals surface area contributed by atoms with Crippen molar-refractivity contribution in [1.29, 1.82) is 0 Å². The number of nitrogens with one attached hydrogen (secondary N) is 3. The van der Waals surface area contributed by atoms with Crippen LogP contribution in [0.5, 0.6) is 11.5 Å². The Labute approximate surface area is 186 Å². The van der Waals surface area contributed by atoms with Crippen molar-refractivity contribution >= 4 is 51.8 Å². The highest BCUT2D eigenvalue weighted by Crippen LogP contribution is 2.36. The summed E-state index contributed by atoms with van der Waals surface area (Å²) in [5, 5.41) is 9.36. The number of amides is 1. The minimum Gasteiger partial charge on any atom is -0.493 e. The molecule has 9 heteroatoms. The maximum atomic E-state index is 11.6. The number of halogens is 2. The molecule has 0 atom stereocenters. The van der Waals surface area contributed by atoms with Gasteiger partial charge in [-0.15, -0.1) is 24.0 Å². The molecule has 1 saturated carbocycles. The van der Waals surface area contributed by atoms with Crippen molar-refractivity contribution < 1.29 is 14.3 Å². The number of hydrogen-bond donors (Lipinski definition) is 3. The van der Waals surface area contributed by atoms with E-state index in [1.54, 1.807) is 14.2 Å². The molecule has 1 aliphatic carbocycles. The first kappa shape index (κ1) is 23.8. The fraction of sp³-hybridized carbons (Fsp3) is 0.556. The zero-order valence-corrected chi connectivity index (χ0v) is 19.8. The third-order valence-corrected chi connectivity index (χ3v) is 4.51. The number of ether oxygens (including phenoxy) is 2. The highest BCUT2D eigenvalue weighted by molar-refractivity contribution is 14.0. The monoisotopic (exact) mass is 554 g/mol. The molecule has 152 valence electrons. The summed E-state index contributed by atoms with van der Waals surface area (Å²) in [7, 11) is 3.22. The van der Waals surface area contributed by atoms with E-state index in [1.807, 2.05) is 19.1 Å². The van der Waals surface area contributed by atoms with E-state index < -0.39 is 0 Å². The zero-order chi connectivity index (χ0) is 18.9. The summed E-state index contributed by atoms with van der Waals surface area (Å²) in [6.45, 7) is 4.47. The van der Waals surface area contributed by atoms with Crippen LogP contribution in [-0.2, 0) is 11.3 Å². The van der Waals surface area contributed by atoms with Crippen LogP contribution in [0.1, 0.15) is 25.3 Å². The van der Waals surface area contributed by atoms with Gasteiger partial charge >= 0.3 is 0 Å². The quantitative estimate of drug-likeness (QED) is 0.189. The Morgan fingerprint density at radius 3 is 2.48 bits per heavy atom. The van der Waals surface area contributed by atoms with E-state index in [0.29, 0.717) is 37.1 Å². The number of rotatable bonds is 9. The molecule has 0 aliphatic heterocycles. The maximum Gasteiger partial charge on any atom is 0.223 e. The molecule has 0 saturated heterocycles. The van der Waals surface area contributed by atoms with Gasteiger partial charge in [0.15, 0.2) is 17.5 Å². The van der Waals surface area contributed by atoms with Gasteiger partial charge in [-0.05, 0) is 53.4 Å². The molecule has 7 nitrogen and oxygen atoms in total. The molecular weight excluding hydrogens is 527 g/mol. The van der Waals surface area contributed by atoms with Crippen molar-refractivity contribution in [2.75, 3.05) is 33.9 Å². The number of nitrogens with zero attached hydrogens (tertiary/aromatic N) is 1. The Morgan fingerprint density at radius 2 is 1.89 bits per heavy atom. The lowest BCUT2D eigenvalue weighted by Gasteiger charge is -2.13. The van der Waals surface area contributed by atoms with E-state index in [-0.39, 0.29) is 35.8 Å². The Hall–Kier alpha value is -1.23. The molecule has 0 unspecified atom stereocenters. The number of benzene rings is 1. The van der Waals surface area contributed by atoms with Crippen molar-refractivity contribution in [3.05, 3.63) is 22.2 Å². The first-order valence-corrected chi connectivity index (χ1v) is 9.58. The van der Waals surface area contributed by atoms with Gasteiger partial charge in [0.25, 0.3) is 0 Å². The summed E-state index contributed by atoms with van der Waals surface area (Å²) in [6.07, 6.45) is 2.04. The Bertz CT molecular complexity index is 654. The van der Waals surface area contributed by atoms with Gasteiger partial charge in [0, 0.05) is 25.6 Å². The van der Waals surface area contributed by atoms with Crippen LogP contribution < -0.4 is 25.4 Å².